The molecule has 0 saturated carbocycles. The fourth-order valence-corrected chi connectivity index (χ4v) is 3.15. The van der Waals surface area contributed by atoms with Gasteiger partial charge in [-0.15, -0.1) is 0 Å². The van der Waals surface area contributed by atoms with Crippen LogP contribution in [-0.4, -0.2) is 32.8 Å². The lowest BCUT2D eigenvalue weighted by molar-refractivity contribution is 0.172. The highest BCUT2D eigenvalue weighted by Gasteiger charge is 2.17. The molecule has 3 heterocycles. The third kappa shape index (κ3) is 2.35. The van der Waals surface area contributed by atoms with Crippen molar-refractivity contribution >= 4 is 51.6 Å². The zero-order valence-corrected chi connectivity index (χ0v) is 14.2. The van der Waals surface area contributed by atoms with Gasteiger partial charge < -0.3 is 14.8 Å². The zero-order chi connectivity index (χ0) is 17.0. The second kappa shape index (κ2) is 5.44. The van der Waals surface area contributed by atoms with Gasteiger partial charge in [-0.1, -0.05) is 29.3 Å². The largest absolute Gasteiger partial charge is 0.486 e. The van der Waals surface area contributed by atoms with Gasteiger partial charge in [0, 0.05) is 12.1 Å². The molecule has 0 atom stereocenters. The molecule has 0 bridgehead atoms. The first-order chi connectivity index (χ1) is 12.2. The maximum atomic E-state index is 6.20. The van der Waals surface area contributed by atoms with Gasteiger partial charge >= 0.3 is 0 Å². The van der Waals surface area contributed by atoms with Gasteiger partial charge in [-0.05, 0) is 12.1 Å². The predicted octanol–water partition coefficient (Wildman–Crippen LogP) is 4.03. The van der Waals surface area contributed by atoms with Crippen LogP contribution in [0.1, 0.15) is 0 Å². The second-order valence-corrected chi connectivity index (χ2v) is 6.32. The average molecular weight is 376 g/mol. The maximum Gasteiger partial charge on any atom is 0.253 e. The van der Waals surface area contributed by atoms with Crippen molar-refractivity contribution in [1.82, 2.24) is 19.6 Å². The third-order valence-corrected chi connectivity index (χ3v) is 4.75. The van der Waals surface area contributed by atoms with E-state index in [1.807, 2.05) is 24.3 Å². The Bertz CT molecular complexity index is 1120. The van der Waals surface area contributed by atoms with E-state index < -0.39 is 0 Å². The standard InChI is InChI=1S/C16H11Cl2N5O2/c17-8-2-1-3-9(14(8)18)19-15-21-16-20-10-6-12-13(25-5-4-24-12)7-11(10)23(16)22-15/h1-3,6-7H,4-5H2,(H2,19,20,21,22). The molecule has 25 heavy (non-hydrogen) atoms. The van der Waals surface area contributed by atoms with Crippen LogP contribution in [0.15, 0.2) is 30.3 Å². The number of aromatic amines is 1. The smallest absolute Gasteiger partial charge is 0.253 e. The topological polar surface area (TPSA) is 76.5 Å². The van der Waals surface area contributed by atoms with Gasteiger partial charge in [-0.3, -0.25) is 5.10 Å². The number of H-pyrrole nitrogens is 1. The van der Waals surface area contributed by atoms with E-state index in [1.165, 1.54) is 0 Å². The number of aromatic nitrogens is 4. The number of rotatable bonds is 2. The van der Waals surface area contributed by atoms with Gasteiger partial charge in [-0.25, -0.2) is 9.50 Å². The maximum absolute atomic E-state index is 6.20. The molecule has 0 radical (unpaired) electrons. The SMILES string of the molecule is Clc1cccc(Nc2nc3nc4cc5c(cc4n3[nH]2)OCCO5)c1Cl. The van der Waals surface area contributed by atoms with Crippen LogP contribution in [0.5, 0.6) is 11.5 Å². The number of benzene rings is 2. The molecule has 2 aromatic heterocycles. The molecule has 5 rings (SSSR count). The first-order valence-electron chi connectivity index (χ1n) is 7.58. The number of hydrogen-bond donors (Lipinski definition) is 2. The molecule has 2 aromatic carbocycles. The fourth-order valence-electron chi connectivity index (χ4n) is 2.80. The summed E-state index contributed by atoms with van der Waals surface area (Å²) in [6.45, 7) is 1.07. The Morgan fingerprint density at radius 2 is 1.88 bits per heavy atom. The highest BCUT2D eigenvalue weighted by Crippen LogP contribution is 2.35. The monoisotopic (exact) mass is 375 g/mol. The minimum Gasteiger partial charge on any atom is -0.486 e. The summed E-state index contributed by atoms with van der Waals surface area (Å²) in [5.41, 5.74) is 2.27. The van der Waals surface area contributed by atoms with Crippen LogP contribution in [0, 0.1) is 0 Å². The summed E-state index contributed by atoms with van der Waals surface area (Å²) in [6, 6.07) is 9.09. The van der Waals surface area contributed by atoms with E-state index in [0.29, 0.717) is 52.2 Å². The Morgan fingerprint density at radius 1 is 1.08 bits per heavy atom. The Hall–Kier alpha value is -2.64. The molecular formula is C16H11Cl2N5O2. The molecule has 2 N–H and O–H groups in total. The van der Waals surface area contributed by atoms with Crippen LogP contribution in [0.2, 0.25) is 10.0 Å². The molecule has 7 nitrogen and oxygen atoms in total. The second-order valence-electron chi connectivity index (χ2n) is 5.53. The first kappa shape index (κ1) is 14.7. The number of halogens is 2. The highest BCUT2D eigenvalue weighted by molar-refractivity contribution is 6.43. The molecule has 126 valence electrons. The van der Waals surface area contributed by atoms with Gasteiger partial charge in [0.25, 0.3) is 5.78 Å². The molecular weight excluding hydrogens is 365 g/mol. The summed E-state index contributed by atoms with van der Waals surface area (Å²) in [4.78, 5) is 8.96. The molecule has 0 fully saturated rings. The molecule has 1 aliphatic rings. The Labute approximate surface area is 151 Å². The molecule has 0 amide bonds. The zero-order valence-electron chi connectivity index (χ0n) is 12.7. The lowest BCUT2D eigenvalue weighted by atomic mass is 10.2. The van der Waals surface area contributed by atoms with Crippen molar-refractivity contribution in [2.45, 2.75) is 0 Å². The van der Waals surface area contributed by atoms with E-state index in [0.717, 1.165) is 11.0 Å². The van der Waals surface area contributed by atoms with Crippen molar-refractivity contribution in [2.75, 3.05) is 18.5 Å². The number of imidazole rings is 1. The van der Waals surface area contributed by atoms with E-state index in [4.69, 9.17) is 32.7 Å². The molecule has 0 unspecified atom stereocenters. The van der Waals surface area contributed by atoms with E-state index in [-0.39, 0.29) is 0 Å². The third-order valence-electron chi connectivity index (χ3n) is 3.93. The van der Waals surface area contributed by atoms with Crippen LogP contribution < -0.4 is 14.8 Å². The lowest BCUT2D eigenvalue weighted by Gasteiger charge is -2.17. The number of hydrogen-bond acceptors (Lipinski definition) is 5. The van der Waals surface area contributed by atoms with Crippen molar-refractivity contribution in [3.8, 4) is 11.5 Å². The highest BCUT2D eigenvalue weighted by atomic mass is 35.5. The molecule has 4 aromatic rings. The number of ether oxygens (including phenoxy) is 2. The number of anilines is 2. The summed E-state index contributed by atoms with van der Waals surface area (Å²) in [6.07, 6.45) is 0. The molecule has 1 aliphatic heterocycles. The van der Waals surface area contributed by atoms with Gasteiger partial charge in [-0.2, -0.15) is 4.98 Å². The van der Waals surface area contributed by atoms with Crippen LogP contribution in [-0.2, 0) is 0 Å². The van der Waals surface area contributed by atoms with Crippen molar-refractivity contribution in [2.24, 2.45) is 0 Å². The first-order valence-corrected chi connectivity index (χ1v) is 8.33. The normalized spacial score (nSPS) is 13.5. The molecule has 0 saturated heterocycles. The number of nitrogens with zero attached hydrogens (tertiary/aromatic N) is 3. The minimum atomic E-state index is 0.433. The molecule has 9 heteroatoms. The average Bonchev–Trinajstić information content (AvgIpc) is 3.14. The Morgan fingerprint density at radius 3 is 2.72 bits per heavy atom. The van der Waals surface area contributed by atoms with Crippen molar-refractivity contribution < 1.29 is 9.47 Å². The van der Waals surface area contributed by atoms with Crippen molar-refractivity contribution in [1.29, 1.82) is 0 Å². The van der Waals surface area contributed by atoms with E-state index in [1.54, 1.807) is 10.6 Å². The fraction of sp³-hybridized carbons (Fsp3) is 0.125. The van der Waals surface area contributed by atoms with Gasteiger partial charge in [0.05, 0.1) is 26.8 Å². The summed E-state index contributed by atoms with van der Waals surface area (Å²) in [5, 5.41) is 7.17. The van der Waals surface area contributed by atoms with Crippen molar-refractivity contribution in [3.05, 3.63) is 40.4 Å². The Kier molecular flexibility index (Phi) is 3.19. The van der Waals surface area contributed by atoms with Gasteiger partial charge in [0.2, 0.25) is 5.95 Å². The van der Waals surface area contributed by atoms with Gasteiger partial charge in [0.15, 0.2) is 11.5 Å². The Balaban J connectivity index is 1.58. The lowest BCUT2D eigenvalue weighted by Crippen LogP contribution is -2.15. The predicted molar refractivity (Wildman–Crippen MR) is 95.6 cm³/mol. The quantitative estimate of drug-likeness (QED) is 0.552. The number of nitrogens with one attached hydrogen (secondary N) is 2. The van der Waals surface area contributed by atoms with Crippen LogP contribution >= 0.6 is 23.2 Å². The molecule has 0 aliphatic carbocycles. The van der Waals surface area contributed by atoms with Crippen LogP contribution in [0.3, 0.4) is 0 Å². The van der Waals surface area contributed by atoms with E-state index >= 15 is 0 Å². The summed E-state index contributed by atoms with van der Waals surface area (Å²) in [5.74, 6) is 2.42. The van der Waals surface area contributed by atoms with Crippen LogP contribution in [0.25, 0.3) is 16.8 Å². The summed E-state index contributed by atoms with van der Waals surface area (Å²) < 4.78 is 13.0. The van der Waals surface area contributed by atoms with E-state index in [9.17, 15) is 0 Å². The van der Waals surface area contributed by atoms with Gasteiger partial charge in [0.1, 0.15) is 13.2 Å². The van der Waals surface area contributed by atoms with E-state index in [2.05, 4.69) is 20.4 Å². The van der Waals surface area contributed by atoms with Crippen molar-refractivity contribution in [3.63, 3.8) is 0 Å². The minimum absolute atomic E-state index is 0.433. The van der Waals surface area contributed by atoms with Crippen LogP contribution in [0.4, 0.5) is 11.6 Å². The summed E-state index contributed by atoms with van der Waals surface area (Å²) >= 11 is 12.2. The summed E-state index contributed by atoms with van der Waals surface area (Å²) in [7, 11) is 0. The number of fused-ring (bicyclic) bond motifs is 4. The molecule has 0 spiro atoms.